The van der Waals surface area contributed by atoms with Crippen LogP contribution < -0.4 is 11.1 Å². The molecule has 96 valence electrons. The van der Waals surface area contributed by atoms with Crippen LogP contribution in [-0.4, -0.2) is 32.4 Å². The summed E-state index contributed by atoms with van der Waals surface area (Å²) in [6, 6.07) is 0. The van der Waals surface area contributed by atoms with Crippen molar-refractivity contribution in [2.24, 2.45) is 7.05 Å². The molecule has 0 aromatic carbocycles. The van der Waals surface area contributed by atoms with E-state index >= 15 is 0 Å². The predicted molar refractivity (Wildman–Crippen MR) is 62.7 cm³/mol. The second-order valence-corrected chi connectivity index (χ2v) is 3.81. The smallest absolute Gasteiger partial charge is 0.271 e. The number of carbonyl (C=O) groups is 1. The van der Waals surface area contributed by atoms with Crippen LogP contribution >= 0.6 is 0 Å². The average Bonchev–Trinajstić information content (AvgIpc) is 2.86. The van der Waals surface area contributed by atoms with Crippen LogP contribution in [0.15, 0.2) is 10.7 Å². The van der Waals surface area contributed by atoms with E-state index < -0.39 is 0 Å². The van der Waals surface area contributed by atoms with Gasteiger partial charge in [-0.1, -0.05) is 5.16 Å². The molecule has 0 bridgehead atoms. The van der Waals surface area contributed by atoms with Crippen LogP contribution in [0.3, 0.4) is 0 Å². The molecule has 8 nitrogen and oxygen atoms in total. The van der Waals surface area contributed by atoms with Crippen LogP contribution in [0, 0.1) is 6.92 Å². The van der Waals surface area contributed by atoms with Crippen molar-refractivity contribution in [2.45, 2.75) is 13.3 Å². The third kappa shape index (κ3) is 2.47. The first kappa shape index (κ1) is 12.1. The third-order valence-corrected chi connectivity index (χ3v) is 2.39. The number of hydrogen-bond acceptors (Lipinski definition) is 6. The summed E-state index contributed by atoms with van der Waals surface area (Å²) in [7, 11) is 1.66. The van der Waals surface area contributed by atoms with Gasteiger partial charge in [0.1, 0.15) is 5.69 Å². The van der Waals surface area contributed by atoms with Crippen LogP contribution in [-0.2, 0) is 13.5 Å². The summed E-state index contributed by atoms with van der Waals surface area (Å²) < 4.78 is 6.26. The summed E-state index contributed by atoms with van der Waals surface area (Å²) in [5, 5.41) is 10.4. The number of aromatic nitrogens is 4. The summed E-state index contributed by atoms with van der Waals surface area (Å²) in [4.78, 5) is 15.9. The van der Waals surface area contributed by atoms with E-state index in [4.69, 9.17) is 10.3 Å². The van der Waals surface area contributed by atoms with E-state index in [1.165, 1.54) is 10.9 Å². The van der Waals surface area contributed by atoms with Gasteiger partial charge >= 0.3 is 0 Å². The highest BCUT2D eigenvalue weighted by Gasteiger charge is 2.14. The molecule has 0 radical (unpaired) electrons. The maximum absolute atomic E-state index is 11.8. The molecule has 2 aromatic heterocycles. The van der Waals surface area contributed by atoms with Crippen LogP contribution in [0.1, 0.15) is 22.2 Å². The van der Waals surface area contributed by atoms with E-state index in [-0.39, 0.29) is 5.91 Å². The van der Waals surface area contributed by atoms with E-state index in [1.54, 1.807) is 14.0 Å². The lowest BCUT2D eigenvalue weighted by Gasteiger charge is -2.04. The van der Waals surface area contributed by atoms with Gasteiger partial charge in [-0.05, 0) is 0 Å². The lowest BCUT2D eigenvalue weighted by Crippen LogP contribution is -2.28. The highest BCUT2D eigenvalue weighted by Crippen LogP contribution is 2.08. The van der Waals surface area contributed by atoms with Crippen molar-refractivity contribution in [1.29, 1.82) is 0 Å². The second kappa shape index (κ2) is 4.86. The zero-order valence-corrected chi connectivity index (χ0v) is 10.2. The highest BCUT2D eigenvalue weighted by atomic mass is 16.5. The fourth-order valence-electron chi connectivity index (χ4n) is 1.55. The van der Waals surface area contributed by atoms with Crippen molar-refractivity contribution in [3.63, 3.8) is 0 Å². The topological polar surface area (TPSA) is 112 Å². The standard InChI is InChI=1S/C10H14N6O2/c1-6-14-8(15-18-6)3-4-12-10(17)9-7(11)5-13-16(9)2/h5H,3-4,11H2,1-2H3,(H,12,17). The van der Waals surface area contributed by atoms with Gasteiger partial charge in [0, 0.05) is 26.9 Å². The Morgan fingerprint density at radius 1 is 1.61 bits per heavy atom. The zero-order chi connectivity index (χ0) is 13.1. The van der Waals surface area contributed by atoms with Crippen LogP contribution in [0.5, 0.6) is 0 Å². The Hall–Kier alpha value is -2.38. The lowest BCUT2D eigenvalue weighted by atomic mass is 10.3. The van der Waals surface area contributed by atoms with Crippen molar-refractivity contribution >= 4 is 11.6 Å². The maximum Gasteiger partial charge on any atom is 0.271 e. The molecule has 8 heteroatoms. The summed E-state index contributed by atoms with van der Waals surface area (Å²) >= 11 is 0. The van der Waals surface area contributed by atoms with E-state index in [0.717, 1.165) is 0 Å². The van der Waals surface area contributed by atoms with Crippen molar-refractivity contribution in [3.8, 4) is 0 Å². The van der Waals surface area contributed by atoms with Crippen LogP contribution in [0.2, 0.25) is 0 Å². The van der Waals surface area contributed by atoms with Crippen molar-refractivity contribution in [1.82, 2.24) is 25.2 Å². The van der Waals surface area contributed by atoms with Crippen LogP contribution in [0.25, 0.3) is 0 Å². The molecule has 0 saturated carbocycles. The van der Waals surface area contributed by atoms with E-state index in [1.807, 2.05) is 0 Å². The Balaban J connectivity index is 1.89. The minimum absolute atomic E-state index is 0.271. The molecular weight excluding hydrogens is 236 g/mol. The molecule has 0 aliphatic heterocycles. The van der Waals surface area contributed by atoms with Gasteiger partial charge in [-0.2, -0.15) is 10.1 Å². The Morgan fingerprint density at radius 3 is 2.94 bits per heavy atom. The van der Waals surface area contributed by atoms with Crippen molar-refractivity contribution < 1.29 is 9.32 Å². The Labute approximate surface area is 103 Å². The number of nitrogen functional groups attached to an aromatic ring is 1. The molecule has 0 saturated heterocycles. The summed E-state index contributed by atoms with van der Waals surface area (Å²) in [5.74, 6) is 0.797. The first-order chi connectivity index (χ1) is 8.58. The number of aryl methyl sites for hydroxylation is 2. The van der Waals surface area contributed by atoms with Gasteiger partial charge in [-0.25, -0.2) is 0 Å². The first-order valence-electron chi connectivity index (χ1n) is 5.43. The minimum atomic E-state index is -0.271. The Kier molecular flexibility index (Phi) is 3.26. The van der Waals surface area contributed by atoms with Gasteiger partial charge in [0.2, 0.25) is 5.89 Å². The molecule has 0 spiro atoms. The number of nitrogens with one attached hydrogen (secondary N) is 1. The fourth-order valence-corrected chi connectivity index (χ4v) is 1.55. The molecule has 0 aliphatic rings. The van der Waals surface area contributed by atoms with Gasteiger partial charge in [0.25, 0.3) is 5.91 Å². The van der Waals surface area contributed by atoms with Gasteiger partial charge in [0.15, 0.2) is 5.82 Å². The zero-order valence-electron chi connectivity index (χ0n) is 10.2. The number of rotatable bonds is 4. The van der Waals surface area contributed by atoms with Gasteiger partial charge in [0.05, 0.1) is 11.9 Å². The van der Waals surface area contributed by atoms with Gasteiger partial charge < -0.3 is 15.6 Å². The third-order valence-electron chi connectivity index (χ3n) is 2.39. The molecule has 0 fully saturated rings. The number of nitrogens with two attached hydrogens (primary N) is 1. The molecular formula is C10H14N6O2. The molecule has 1 amide bonds. The summed E-state index contributed by atoms with van der Waals surface area (Å²) in [6.45, 7) is 2.12. The first-order valence-corrected chi connectivity index (χ1v) is 5.43. The molecule has 2 heterocycles. The molecule has 18 heavy (non-hydrogen) atoms. The number of hydrogen-bond donors (Lipinski definition) is 2. The Bertz CT molecular complexity index is 539. The van der Waals surface area contributed by atoms with Crippen molar-refractivity contribution in [2.75, 3.05) is 12.3 Å². The lowest BCUT2D eigenvalue weighted by molar-refractivity contribution is 0.0945. The molecule has 3 N–H and O–H groups in total. The van der Waals surface area contributed by atoms with Gasteiger partial charge in [-0.3, -0.25) is 9.48 Å². The summed E-state index contributed by atoms with van der Waals surface area (Å²) in [5.41, 5.74) is 6.34. The number of amides is 1. The molecule has 0 unspecified atom stereocenters. The largest absolute Gasteiger partial charge is 0.396 e. The quantitative estimate of drug-likeness (QED) is 0.768. The number of carbonyl (C=O) groups excluding carboxylic acids is 1. The second-order valence-electron chi connectivity index (χ2n) is 3.81. The Morgan fingerprint density at radius 2 is 2.39 bits per heavy atom. The van der Waals surface area contributed by atoms with Gasteiger partial charge in [-0.15, -0.1) is 0 Å². The van der Waals surface area contributed by atoms with Crippen LogP contribution in [0.4, 0.5) is 5.69 Å². The maximum atomic E-state index is 11.8. The highest BCUT2D eigenvalue weighted by molar-refractivity contribution is 5.97. The normalized spacial score (nSPS) is 10.6. The molecule has 2 aromatic rings. The average molecular weight is 250 g/mol. The fraction of sp³-hybridized carbons (Fsp3) is 0.400. The monoisotopic (exact) mass is 250 g/mol. The predicted octanol–water partition coefficient (Wildman–Crippen LogP) is -0.334. The van der Waals surface area contributed by atoms with E-state index in [2.05, 4.69) is 20.6 Å². The minimum Gasteiger partial charge on any atom is -0.396 e. The molecule has 2 rings (SSSR count). The van der Waals surface area contributed by atoms with Crippen molar-refractivity contribution in [3.05, 3.63) is 23.6 Å². The number of nitrogens with zero attached hydrogens (tertiary/aromatic N) is 4. The van der Waals surface area contributed by atoms with E-state index in [9.17, 15) is 4.79 Å². The number of anilines is 1. The SMILES string of the molecule is Cc1nc(CCNC(=O)c2c(N)cnn2C)no1. The molecule has 0 aliphatic carbocycles. The summed E-state index contributed by atoms with van der Waals surface area (Å²) in [6.07, 6.45) is 1.94. The van der Waals surface area contributed by atoms with E-state index in [0.29, 0.717) is 36.1 Å². The molecule has 0 atom stereocenters.